The highest BCUT2D eigenvalue weighted by molar-refractivity contribution is 5.95. The van der Waals surface area contributed by atoms with Crippen LogP contribution in [0, 0.1) is 0 Å². The van der Waals surface area contributed by atoms with Gasteiger partial charge in [-0.1, -0.05) is 0 Å². The average molecular weight is 399 g/mol. The maximum Gasteiger partial charge on any atom is 0.316 e. The lowest BCUT2D eigenvalue weighted by atomic mass is 10.1. The van der Waals surface area contributed by atoms with E-state index in [1.54, 1.807) is 38.5 Å². The van der Waals surface area contributed by atoms with E-state index in [9.17, 15) is 9.59 Å². The van der Waals surface area contributed by atoms with Crippen molar-refractivity contribution in [1.29, 1.82) is 0 Å². The van der Waals surface area contributed by atoms with E-state index in [-0.39, 0.29) is 5.91 Å². The number of nitrogens with zero attached hydrogens (tertiary/aromatic N) is 1. The van der Waals surface area contributed by atoms with E-state index < -0.39 is 6.03 Å². The molecule has 0 spiro atoms. The molecule has 1 heterocycles. The van der Waals surface area contributed by atoms with Crippen molar-refractivity contribution in [1.82, 2.24) is 4.90 Å². The number of nitrogens with one attached hydrogen (secondary N) is 2. The number of urea groups is 1. The second kappa shape index (κ2) is 9.29. The summed E-state index contributed by atoms with van der Waals surface area (Å²) in [4.78, 5) is 26.9. The standard InChI is InChI=1S/C21H26N4O4/c1-28-18-7-8-19(29-2)16(13-18)14-24-9-11-25(12-10-24)20(26)15-3-5-17(6-4-15)23-21(22)27/h3-8,13H,9-12,14H2,1-2H3,(H3,22,23,27)/p+1. The van der Waals surface area contributed by atoms with Gasteiger partial charge >= 0.3 is 6.03 Å². The van der Waals surface area contributed by atoms with Crippen molar-refractivity contribution in [3.63, 3.8) is 0 Å². The molecule has 8 nitrogen and oxygen atoms in total. The summed E-state index contributed by atoms with van der Waals surface area (Å²) in [7, 11) is 3.32. The molecule has 154 valence electrons. The lowest BCUT2D eigenvalue weighted by Gasteiger charge is -2.32. The van der Waals surface area contributed by atoms with Crippen molar-refractivity contribution in [3.8, 4) is 11.5 Å². The Balaban J connectivity index is 1.57. The second-order valence-corrected chi connectivity index (χ2v) is 6.96. The summed E-state index contributed by atoms with van der Waals surface area (Å²) in [5, 5.41) is 2.49. The van der Waals surface area contributed by atoms with Crippen molar-refractivity contribution in [2.75, 3.05) is 45.7 Å². The summed E-state index contributed by atoms with van der Waals surface area (Å²) >= 11 is 0. The minimum Gasteiger partial charge on any atom is -0.497 e. The number of benzene rings is 2. The third-order valence-electron chi connectivity index (χ3n) is 5.09. The van der Waals surface area contributed by atoms with Gasteiger partial charge in [-0.15, -0.1) is 0 Å². The SMILES string of the molecule is COc1ccc(OC)c(C[NH+]2CCN(C(=O)c3ccc(NC(N)=O)cc3)CC2)c1. The van der Waals surface area contributed by atoms with Crippen LogP contribution in [0.4, 0.5) is 10.5 Å². The third-order valence-corrected chi connectivity index (χ3v) is 5.09. The minimum absolute atomic E-state index is 0.00589. The molecule has 4 N–H and O–H groups in total. The normalized spacial score (nSPS) is 14.3. The van der Waals surface area contributed by atoms with Crippen molar-refractivity contribution in [3.05, 3.63) is 53.6 Å². The summed E-state index contributed by atoms with van der Waals surface area (Å²) in [6.07, 6.45) is 0. The Morgan fingerprint density at radius 2 is 1.76 bits per heavy atom. The first kappa shape index (κ1) is 20.5. The van der Waals surface area contributed by atoms with E-state index in [4.69, 9.17) is 15.2 Å². The monoisotopic (exact) mass is 399 g/mol. The summed E-state index contributed by atoms with van der Waals surface area (Å²) in [5.41, 5.74) is 7.36. The van der Waals surface area contributed by atoms with E-state index in [0.717, 1.165) is 36.7 Å². The molecular weight excluding hydrogens is 372 g/mol. The van der Waals surface area contributed by atoms with Gasteiger partial charge in [-0.05, 0) is 42.5 Å². The Labute approximate surface area is 170 Å². The summed E-state index contributed by atoms with van der Waals surface area (Å²) in [6, 6.07) is 11.9. The molecule has 1 saturated heterocycles. The van der Waals surface area contributed by atoms with Crippen molar-refractivity contribution in [2.45, 2.75) is 6.54 Å². The zero-order valence-corrected chi connectivity index (χ0v) is 16.7. The number of hydrogen-bond acceptors (Lipinski definition) is 4. The maximum atomic E-state index is 12.8. The number of quaternary nitrogens is 1. The van der Waals surface area contributed by atoms with Gasteiger partial charge in [0.2, 0.25) is 0 Å². The second-order valence-electron chi connectivity index (χ2n) is 6.96. The minimum atomic E-state index is -0.629. The number of piperazine rings is 1. The van der Waals surface area contributed by atoms with Gasteiger partial charge in [0, 0.05) is 11.3 Å². The lowest BCUT2D eigenvalue weighted by molar-refractivity contribution is -0.917. The molecule has 0 atom stereocenters. The lowest BCUT2D eigenvalue weighted by Crippen LogP contribution is -3.13. The molecule has 2 aromatic carbocycles. The van der Waals surface area contributed by atoms with Crippen molar-refractivity contribution in [2.24, 2.45) is 5.73 Å². The van der Waals surface area contributed by atoms with E-state index in [1.807, 2.05) is 23.1 Å². The highest BCUT2D eigenvalue weighted by Crippen LogP contribution is 2.23. The van der Waals surface area contributed by atoms with Gasteiger partial charge in [-0.2, -0.15) is 0 Å². The fourth-order valence-corrected chi connectivity index (χ4v) is 3.51. The molecule has 0 bridgehead atoms. The number of anilines is 1. The first-order valence-electron chi connectivity index (χ1n) is 9.50. The molecule has 3 amide bonds. The average Bonchev–Trinajstić information content (AvgIpc) is 2.74. The number of primary amides is 1. The molecular formula is C21H27N4O4+. The largest absolute Gasteiger partial charge is 0.497 e. The smallest absolute Gasteiger partial charge is 0.316 e. The van der Waals surface area contributed by atoms with Crippen LogP contribution in [0.15, 0.2) is 42.5 Å². The van der Waals surface area contributed by atoms with Gasteiger partial charge in [0.15, 0.2) is 0 Å². The molecule has 29 heavy (non-hydrogen) atoms. The fourth-order valence-electron chi connectivity index (χ4n) is 3.51. The quantitative estimate of drug-likeness (QED) is 0.667. The first-order valence-corrected chi connectivity index (χ1v) is 9.50. The Hall–Kier alpha value is -3.26. The number of ether oxygens (including phenoxy) is 2. The summed E-state index contributed by atoms with van der Waals surface area (Å²) < 4.78 is 10.8. The van der Waals surface area contributed by atoms with Gasteiger partial charge in [-0.3, -0.25) is 4.79 Å². The molecule has 1 fully saturated rings. The van der Waals surface area contributed by atoms with Crippen LogP contribution in [0.25, 0.3) is 0 Å². The fraction of sp³-hybridized carbons (Fsp3) is 0.333. The molecule has 0 aromatic heterocycles. The predicted octanol–water partition coefficient (Wildman–Crippen LogP) is 0.735. The van der Waals surface area contributed by atoms with Crippen molar-refractivity contribution < 1.29 is 24.0 Å². The number of amides is 3. The molecule has 1 aliphatic rings. The van der Waals surface area contributed by atoms with Crippen LogP contribution in [0.3, 0.4) is 0 Å². The molecule has 0 unspecified atom stereocenters. The number of methoxy groups -OCH3 is 2. The highest BCUT2D eigenvalue weighted by Gasteiger charge is 2.25. The van der Waals surface area contributed by atoms with E-state index in [0.29, 0.717) is 24.3 Å². The Kier molecular flexibility index (Phi) is 6.56. The molecule has 8 heteroatoms. The van der Waals surface area contributed by atoms with Gasteiger partial charge < -0.3 is 30.3 Å². The van der Waals surface area contributed by atoms with Crippen LogP contribution < -0.4 is 25.4 Å². The Morgan fingerprint density at radius 3 is 2.34 bits per heavy atom. The highest BCUT2D eigenvalue weighted by atomic mass is 16.5. The number of hydrogen-bond donors (Lipinski definition) is 3. The summed E-state index contributed by atoms with van der Waals surface area (Å²) in [6.45, 7) is 3.89. The van der Waals surface area contributed by atoms with E-state index >= 15 is 0 Å². The van der Waals surface area contributed by atoms with Crippen LogP contribution in [0.2, 0.25) is 0 Å². The van der Waals surface area contributed by atoms with Gasteiger partial charge in [0.05, 0.1) is 46.0 Å². The summed E-state index contributed by atoms with van der Waals surface area (Å²) in [5.74, 6) is 1.65. The van der Waals surface area contributed by atoms with Crippen LogP contribution in [0.5, 0.6) is 11.5 Å². The van der Waals surface area contributed by atoms with Crippen LogP contribution in [-0.4, -0.2) is 57.2 Å². The zero-order valence-electron chi connectivity index (χ0n) is 16.7. The van der Waals surface area contributed by atoms with Gasteiger partial charge in [0.25, 0.3) is 5.91 Å². The first-order chi connectivity index (χ1) is 14.0. The molecule has 0 saturated carbocycles. The van der Waals surface area contributed by atoms with Gasteiger partial charge in [0.1, 0.15) is 18.0 Å². The van der Waals surface area contributed by atoms with E-state index in [2.05, 4.69) is 5.32 Å². The number of carbonyl (C=O) groups excluding carboxylic acids is 2. The number of rotatable bonds is 6. The number of carbonyl (C=O) groups is 2. The van der Waals surface area contributed by atoms with Crippen LogP contribution in [-0.2, 0) is 6.54 Å². The number of nitrogens with two attached hydrogens (primary N) is 1. The maximum absolute atomic E-state index is 12.8. The van der Waals surface area contributed by atoms with Crippen LogP contribution >= 0.6 is 0 Å². The van der Waals surface area contributed by atoms with Crippen molar-refractivity contribution >= 4 is 17.6 Å². The topological polar surface area (TPSA) is 98.3 Å². The molecule has 1 aliphatic heterocycles. The molecule has 0 radical (unpaired) electrons. The molecule has 3 rings (SSSR count). The zero-order chi connectivity index (χ0) is 20.8. The Morgan fingerprint density at radius 1 is 1.07 bits per heavy atom. The van der Waals surface area contributed by atoms with Gasteiger partial charge in [-0.25, -0.2) is 4.79 Å². The third kappa shape index (κ3) is 5.17. The molecule has 0 aliphatic carbocycles. The predicted molar refractivity (Wildman–Crippen MR) is 109 cm³/mol. The Bertz CT molecular complexity index is 861. The van der Waals surface area contributed by atoms with Crippen LogP contribution in [0.1, 0.15) is 15.9 Å². The van der Waals surface area contributed by atoms with E-state index in [1.165, 1.54) is 4.90 Å². The molecule has 2 aromatic rings.